The summed E-state index contributed by atoms with van der Waals surface area (Å²) in [5, 5.41) is 13.9. The van der Waals surface area contributed by atoms with E-state index in [4.69, 9.17) is 4.52 Å². The monoisotopic (exact) mass is 281 g/mol. The quantitative estimate of drug-likeness (QED) is 0.779. The molecule has 0 aliphatic carbocycles. The van der Waals surface area contributed by atoms with Crippen molar-refractivity contribution in [3.05, 3.63) is 47.5 Å². The highest BCUT2D eigenvalue weighted by Gasteiger charge is 2.16. The average Bonchev–Trinajstić information content (AvgIpc) is 2.78. The number of aryl methyl sites for hydroxylation is 3. The van der Waals surface area contributed by atoms with Gasteiger partial charge in [0.1, 0.15) is 11.5 Å². The molecule has 0 radical (unpaired) electrons. The molecule has 0 spiro atoms. The fraction of sp³-hybridized carbons (Fsp3) is 0.188. The lowest BCUT2D eigenvalue weighted by molar-refractivity contribution is 0.393. The fourth-order valence-electron chi connectivity index (χ4n) is 2.33. The summed E-state index contributed by atoms with van der Waals surface area (Å²) in [5.74, 6) is 1.37. The lowest BCUT2D eigenvalue weighted by atomic mass is 10.1. The lowest BCUT2D eigenvalue weighted by Gasteiger charge is -2.07. The molecule has 106 valence electrons. The highest BCUT2D eigenvalue weighted by molar-refractivity contribution is 5.69. The Morgan fingerprint density at radius 2 is 1.81 bits per heavy atom. The summed E-state index contributed by atoms with van der Waals surface area (Å²) in [5.41, 5.74) is 3.83. The maximum atomic E-state index is 9.97. The van der Waals surface area contributed by atoms with Crippen LogP contribution in [0.25, 0.3) is 22.6 Å². The fourth-order valence-corrected chi connectivity index (χ4v) is 2.33. The zero-order valence-electron chi connectivity index (χ0n) is 12.1. The van der Waals surface area contributed by atoms with E-state index in [1.807, 2.05) is 32.9 Å². The van der Waals surface area contributed by atoms with Gasteiger partial charge in [0.15, 0.2) is 5.82 Å². The minimum atomic E-state index is 0.160. The van der Waals surface area contributed by atoms with Gasteiger partial charge < -0.3 is 9.63 Å². The minimum absolute atomic E-state index is 0.160. The summed E-state index contributed by atoms with van der Waals surface area (Å²) in [6.07, 6.45) is 0. The van der Waals surface area contributed by atoms with Gasteiger partial charge in [0.25, 0.3) is 0 Å². The number of hydrogen-bond acceptors (Lipinski definition) is 5. The molecule has 1 N–H and O–H groups in total. The van der Waals surface area contributed by atoms with Crippen LogP contribution in [0.3, 0.4) is 0 Å². The number of phenols is 1. The zero-order chi connectivity index (χ0) is 15.0. The summed E-state index contributed by atoms with van der Waals surface area (Å²) >= 11 is 0. The Balaban J connectivity index is 2.20. The van der Waals surface area contributed by atoms with Gasteiger partial charge in [-0.05, 0) is 39.0 Å². The molecule has 5 heteroatoms. The number of para-hydroxylation sites is 1. The molecule has 0 amide bonds. The predicted molar refractivity (Wildman–Crippen MR) is 78.8 cm³/mol. The molecule has 2 heterocycles. The molecular weight excluding hydrogens is 266 g/mol. The van der Waals surface area contributed by atoms with Crippen LogP contribution >= 0.6 is 0 Å². The number of nitrogens with zero attached hydrogens (tertiary/aromatic N) is 3. The zero-order valence-corrected chi connectivity index (χ0v) is 12.1. The van der Waals surface area contributed by atoms with Crippen molar-refractivity contribution in [1.82, 2.24) is 15.1 Å². The minimum Gasteiger partial charge on any atom is -0.507 e. The average molecular weight is 281 g/mol. The van der Waals surface area contributed by atoms with Crippen LogP contribution in [0.1, 0.15) is 17.1 Å². The van der Waals surface area contributed by atoms with E-state index in [1.165, 1.54) is 0 Å². The number of hydrogen-bond donors (Lipinski definition) is 1. The van der Waals surface area contributed by atoms with E-state index in [2.05, 4.69) is 15.1 Å². The Morgan fingerprint density at radius 1 is 1.05 bits per heavy atom. The molecule has 3 aromatic rings. The predicted octanol–water partition coefficient (Wildman–Crippen LogP) is 3.43. The van der Waals surface area contributed by atoms with Crippen LogP contribution in [-0.4, -0.2) is 20.2 Å². The molecule has 0 saturated heterocycles. The summed E-state index contributed by atoms with van der Waals surface area (Å²) in [4.78, 5) is 8.97. The van der Waals surface area contributed by atoms with E-state index < -0.39 is 0 Å². The maximum Gasteiger partial charge on any atom is 0.163 e. The van der Waals surface area contributed by atoms with Gasteiger partial charge in [-0.15, -0.1) is 0 Å². The molecule has 0 bridgehead atoms. The Kier molecular flexibility index (Phi) is 3.17. The highest BCUT2D eigenvalue weighted by Crippen LogP contribution is 2.30. The number of aromatic nitrogens is 3. The smallest absolute Gasteiger partial charge is 0.163 e. The van der Waals surface area contributed by atoms with Crippen LogP contribution in [0, 0.1) is 20.8 Å². The third-order valence-corrected chi connectivity index (χ3v) is 3.29. The van der Waals surface area contributed by atoms with Crippen molar-refractivity contribution in [2.24, 2.45) is 0 Å². The number of rotatable bonds is 2. The van der Waals surface area contributed by atoms with Crippen LogP contribution in [0.2, 0.25) is 0 Å². The van der Waals surface area contributed by atoms with Gasteiger partial charge >= 0.3 is 0 Å². The number of phenolic OH excluding ortho intramolecular Hbond substituents is 1. The third-order valence-electron chi connectivity index (χ3n) is 3.29. The molecule has 21 heavy (non-hydrogen) atoms. The van der Waals surface area contributed by atoms with Gasteiger partial charge in [-0.25, -0.2) is 9.97 Å². The first-order valence-electron chi connectivity index (χ1n) is 6.63. The molecule has 0 fully saturated rings. The van der Waals surface area contributed by atoms with Crippen molar-refractivity contribution >= 4 is 0 Å². The second-order valence-corrected chi connectivity index (χ2v) is 4.93. The van der Waals surface area contributed by atoms with E-state index in [1.54, 1.807) is 18.2 Å². The van der Waals surface area contributed by atoms with Crippen molar-refractivity contribution in [2.75, 3.05) is 0 Å². The molecule has 0 atom stereocenters. The first kappa shape index (κ1) is 13.3. The van der Waals surface area contributed by atoms with Crippen molar-refractivity contribution in [1.29, 1.82) is 0 Å². The standard InChI is InChI=1S/C16H15N3O2/c1-9-8-13(15-10(2)19-21-11(15)3)18-16(17-9)12-6-4-5-7-14(12)20/h4-8,20H,1-3H3. The number of aromatic hydroxyl groups is 1. The lowest BCUT2D eigenvalue weighted by Crippen LogP contribution is -1.96. The molecule has 0 unspecified atom stereocenters. The van der Waals surface area contributed by atoms with Crippen molar-refractivity contribution in [3.63, 3.8) is 0 Å². The van der Waals surface area contributed by atoms with Gasteiger partial charge in [-0.2, -0.15) is 0 Å². The molecule has 2 aromatic heterocycles. The second-order valence-electron chi connectivity index (χ2n) is 4.93. The molecular formula is C16H15N3O2. The summed E-state index contributed by atoms with van der Waals surface area (Å²) in [6, 6.07) is 8.91. The second kappa shape index (κ2) is 5.01. The summed E-state index contributed by atoms with van der Waals surface area (Å²) < 4.78 is 5.20. The highest BCUT2D eigenvalue weighted by atomic mass is 16.5. The summed E-state index contributed by atoms with van der Waals surface area (Å²) in [6.45, 7) is 5.63. The van der Waals surface area contributed by atoms with Crippen LogP contribution in [0.4, 0.5) is 0 Å². The van der Waals surface area contributed by atoms with Gasteiger partial charge in [0, 0.05) is 5.69 Å². The molecule has 0 aliphatic heterocycles. The van der Waals surface area contributed by atoms with E-state index >= 15 is 0 Å². The molecule has 0 aliphatic rings. The van der Waals surface area contributed by atoms with E-state index in [-0.39, 0.29) is 5.75 Å². The van der Waals surface area contributed by atoms with Crippen molar-refractivity contribution in [3.8, 4) is 28.4 Å². The Bertz CT molecular complexity index is 790. The Hall–Kier alpha value is -2.69. The largest absolute Gasteiger partial charge is 0.507 e. The SMILES string of the molecule is Cc1cc(-c2c(C)noc2C)nc(-c2ccccc2O)n1. The van der Waals surface area contributed by atoms with Gasteiger partial charge in [-0.3, -0.25) is 0 Å². The van der Waals surface area contributed by atoms with Crippen molar-refractivity contribution < 1.29 is 9.63 Å². The van der Waals surface area contributed by atoms with E-state index in [0.29, 0.717) is 17.1 Å². The van der Waals surface area contributed by atoms with Crippen LogP contribution in [0.5, 0.6) is 5.75 Å². The maximum absolute atomic E-state index is 9.97. The third kappa shape index (κ3) is 2.38. The Labute approximate surface area is 122 Å². The molecule has 0 saturated carbocycles. The van der Waals surface area contributed by atoms with E-state index in [0.717, 1.165) is 22.6 Å². The first-order valence-corrected chi connectivity index (χ1v) is 6.63. The van der Waals surface area contributed by atoms with Gasteiger partial charge in [0.05, 0.1) is 22.5 Å². The van der Waals surface area contributed by atoms with Crippen molar-refractivity contribution in [2.45, 2.75) is 20.8 Å². The van der Waals surface area contributed by atoms with Gasteiger partial charge in [0.2, 0.25) is 0 Å². The Morgan fingerprint density at radius 3 is 2.48 bits per heavy atom. The van der Waals surface area contributed by atoms with Gasteiger partial charge in [-0.1, -0.05) is 17.3 Å². The summed E-state index contributed by atoms with van der Waals surface area (Å²) in [7, 11) is 0. The molecule has 5 nitrogen and oxygen atoms in total. The first-order chi connectivity index (χ1) is 10.1. The topological polar surface area (TPSA) is 72.0 Å². The van der Waals surface area contributed by atoms with Crippen LogP contribution < -0.4 is 0 Å². The molecule has 1 aromatic carbocycles. The van der Waals surface area contributed by atoms with Crippen LogP contribution in [-0.2, 0) is 0 Å². The van der Waals surface area contributed by atoms with Crippen LogP contribution in [0.15, 0.2) is 34.9 Å². The van der Waals surface area contributed by atoms with E-state index in [9.17, 15) is 5.11 Å². The molecule has 3 rings (SSSR count). The normalized spacial score (nSPS) is 10.8. The number of benzene rings is 1.